The van der Waals surface area contributed by atoms with Crippen LogP contribution in [-0.4, -0.2) is 69.8 Å². The lowest BCUT2D eigenvalue weighted by Gasteiger charge is -2.27. The van der Waals surface area contributed by atoms with Crippen molar-refractivity contribution in [2.24, 2.45) is 0 Å². The van der Waals surface area contributed by atoms with Gasteiger partial charge in [-0.05, 0) is 0 Å². The summed E-state index contributed by atoms with van der Waals surface area (Å²) in [6, 6.07) is 0. The standard InChI is InChI=1S/C14H19FN6O3/c15-8-5-10(24-9(8)6-22)21-7-17-11-12(18-14(16)19-13(11)21)20-1-3-23-4-2-20/h7-10,22H,1-6H2,(H2,16,18,19)/t8-,9+,10+/m0/s1. The van der Waals surface area contributed by atoms with Gasteiger partial charge in [0.2, 0.25) is 5.95 Å². The van der Waals surface area contributed by atoms with Crippen molar-refractivity contribution >= 4 is 22.9 Å². The van der Waals surface area contributed by atoms with Crippen LogP contribution >= 0.6 is 0 Å². The third kappa shape index (κ3) is 2.56. The Bertz CT molecular complexity index is 735. The van der Waals surface area contributed by atoms with E-state index >= 15 is 0 Å². The minimum atomic E-state index is -1.23. The van der Waals surface area contributed by atoms with Crippen molar-refractivity contribution < 1.29 is 19.0 Å². The molecule has 0 saturated carbocycles. The van der Waals surface area contributed by atoms with Gasteiger partial charge in [0.15, 0.2) is 17.0 Å². The van der Waals surface area contributed by atoms with E-state index in [4.69, 9.17) is 20.3 Å². The van der Waals surface area contributed by atoms with E-state index in [0.717, 1.165) is 0 Å². The Morgan fingerprint density at radius 2 is 2.12 bits per heavy atom. The maximum absolute atomic E-state index is 13.9. The molecule has 0 unspecified atom stereocenters. The quantitative estimate of drug-likeness (QED) is 0.796. The summed E-state index contributed by atoms with van der Waals surface area (Å²) in [6.45, 7) is 2.24. The van der Waals surface area contributed by atoms with E-state index in [1.807, 2.05) is 4.90 Å². The van der Waals surface area contributed by atoms with Crippen LogP contribution in [0.3, 0.4) is 0 Å². The Kier molecular flexibility index (Phi) is 3.94. The van der Waals surface area contributed by atoms with Crippen LogP contribution in [0.4, 0.5) is 16.2 Å². The number of fused-ring (bicyclic) bond motifs is 1. The highest BCUT2D eigenvalue weighted by atomic mass is 19.1. The first kappa shape index (κ1) is 15.5. The predicted molar refractivity (Wildman–Crippen MR) is 83.3 cm³/mol. The molecule has 2 aliphatic rings. The number of halogens is 1. The number of hydrogen-bond acceptors (Lipinski definition) is 8. The zero-order valence-corrected chi connectivity index (χ0v) is 13.0. The zero-order valence-electron chi connectivity index (χ0n) is 13.0. The number of nitrogens with zero attached hydrogens (tertiary/aromatic N) is 5. The van der Waals surface area contributed by atoms with Crippen molar-refractivity contribution in [1.29, 1.82) is 0 Å². The first-order valence-electron chi connectivity index (χ1n) is 7.90. The molecule has 2 saturated heterocycles. The summed E-state index contributed by atoms with van der Waals surface area (Å²) in [7, 11) is 0. The lowest BCUT2D eigenvalue weighted by molar-refractivity contribution is -0.0323. The maximum Gasteiger partial charge on any atom is 0.224 e. The molecule has 0 aliphatic carbocycles. The highest BCUT2D eigenvalue weighted by Crippen LogP contribution is 2.34. The van der Waals surface area contributed by atoms with Gasteiger partial charge in [-0.3, -0.25) is 4.57 Å². The fourth-order valence-electron chi connectivity index (χ4n) is 3.15. The summed E-state index contributed by atoms with van der Waals surface area (Å²) >= 11 is 0. The summed E-state index contributed by atoms with van der Waals surface area (Å²) < 4.78 is 26.5. The van der Waals surface area contributed by atoms with Crippen LogP contribution in [0.1, 0.15) is 12.6 Å². The number of imidazole rings is 1. The van der Waals surface area contributed by atoms with Crippen molar-refractivity contribution in [2.75, 3.05) is 43.5 Å². The van der Waals surface area contributed by atoms with Crippen LogP contribution in [0.5, 0.6) is 0 Å². The highest BCUT2D eigenvalue weighted by Gasteiger charge is 2.37. The first-order chi connectivity index (χ1) is 11.7. The third-order valence-electron chi connectivity index (χ3n) is 4.38. The number of hydrogen-bond donors (Lipinski definition) is 2. The average molecular weight is 338 g/mol. The summed E-state index contributed by atoms with van der Waals surface area (Å²) in [5.41, 5.74) is 6.96. The average Bonchev–Trinajstić information content (AvgIpc) is 3.17. The molecule has 2 aromatic heterocycles. The van der Waals surface area contributed by atoms with Crippen molar-refractivity contribution in [1.82, 2.24) is 19.5 Å². The molecule has 0 amide bonds. The number of ether oxygens (including phenoxy) is 2. The van der Waals surface area contributed by atoms with E-state index in [-0.39, 0.29) is 19.0 Å². The Labute approximate surface area is 137 Å². The van der Waals surface area contributed by atoms with Gasteiger partial charge in [0.1, 0.15) is 18.5 Å². The molecule has 4 heterocycles. The molecule has 0 aromatic carbocycles. The Hall–Kier alpha value is -2.04. The predicted octanol–water partition coefficient (Wildman–Crippen LogP) is -0.137. The summed E-state index contributed by atoms with van der Waals surface area (Å²) in [5.74, 6) is 0.771. The molecule has 3 N–H and O–H groups in total. The first-order valence-corrected chi connectivity index (χ1v) is 7.90. The fraction of sp³-hybridized carbons (Fsp3) is 0.643. The Morgan fingerprint density at radius 1 is 1.33 bits per heavy atom. The number of anilines is 2. The van der Waals surface area contributed by atoms with Crippen molar-refractivity contribution in [2.45, 2.75) is 24.9 Å². The van der Waals surface area contributed by atoms with Gasteiger partial charge in [-0.25, -0.2) is 9.37 Å². The number of alkyl halides is 1. The molecule has 3 atom stereocenters. The molecule has 9 nitrogen and oxygen atoms in total. The Morgan fingerprint density at radius 3 is 2.83 bits per heavy atom. The van der Waals surface area contributed by atoms with Crippen LogP contribution in [0, 0.1) is 0 Å². The molecule has 0 bridgehead atoms. The number of nitrogens with two attached hydrogens (primary N) is 1. The number of morpholine rings is 1. The largest absolute Gasteiger partial charge is 0.394 e. The normalized spacial score (nSPS) is 27.9. The lowest BCUT2D eigenvalue weighted by Crippen LogP contribution is -2.37. The van der Waals surface area contributed by atoms with Crippen LogP contribution in [0.15, 0.2) is 6.33 Å². The second-order valence-electron chi connectivity index (χ2n) is 5.89. The number of aliphatic hydroxyl groups excluding tert-OH is 1. The molecule has 0 radical (unpaired) electrons. The molecule has 10 heteroatoms. The molecule has 2 aromatic rings. The van der Waals surface area contributed by atoms with Gasteiger partial charge in [0.05, 0.1) is 26.1 Å². The Balaban J connectivity index is 1.72. The van der Waals surface area contributed by atoms with Crippen LogP contribution in [-0.2, 0) is 9.47 Å². The van der Waals surface area contributed by atoms with Gasteiger partial charge in [-0.1, -0.05) is 0 Å². The van der Waals surface area contributed by atoms with Gasteiger partial charge in [0, 0.05) is 19.5 Å². The van der Waals surface area contributed by atoms with E-state index < -0.39 is 18.5 Å². The fourth-order valence-corrected chi connectivity index (χ4v) is 3.15. The molecular weight excluding hydrogens is 319 g/mol. The molecule has 24 heavy (non-hydrogen) atoms. The molecule has 4 rings (SSSR count). The van der Waals surface area contributed by atoms with Crippen molar-refractivity contribution in [3.63, 3.8) is 0 Å². The van der Waals surface area contributed by atoms with E-state index in [9.17, 15) is 4.39 Å². The summed E-state index contributed by atoms with van der Waals surface area (Å²) in [6.07, 6.45) is -0.942. The molecule has 2 aliphatic heterocycles. The molecular formula is C14H19FN6O3. The lowest BCUT2D eigenvalue weighted by atomic mass is 10.2. The second kappa shape index (κ2) is 6.11. The number of aliphatic hydroxyl groups is 1. The number of aromatic nitrogens is 4. The van der Waals surface area contributed by atoms with E-state index in [0.29, 0.717) is 43.3 Å². The summed E-state index contributed by atoms with van der Waals surface area (Å²) in [5, 5.41) is 9.17. The van der Waals surface area contributed by atoms with Crippen LogP contribution in [0.2, 0.25) is 0 Å². The smallest absolute Gasteiger partial charge is 0.224 e. The second-order valence-corrected chi connectivity index (χ2v) is 5.89. The van der Waals surface area contributed by atoms with Crippen LogP contribution < -0.4 is 10.6 Å². The van der Waals surface area contributed by atoms with Gasteiger partial charge in [-0.15, -0.1) is 0 Å². The third-order valence-corrected chi connectivity index (χ3v) is 4.38. The van der Waals surface area contributed by atoms with Crippen molar-refractivity contribution in [3.8, 4) is 0 Å². The molecule has 130 valence electrons. The minimum absolute atomic E-state index is 0.124. The minimum Gasteiger partial charge on any atom is -0.394 e. The van der Waals surface area contributed by atoms with Gasteiger partial charge in [0.25, 0.3) is 0 Å². The van der Waals surface area contributed by atoms with Gasteiger partial charge >= 0.3 is 0 Å². The SMILES string of the molecule is Nc1nc(N2CCOCC2)c2ncn([C@H]3C[C@H](F)[C@@H](CO)O3)c2n1. The van der Waals surface area contributed by atoms with E-state index in [1.165, 1.54) is 0 Å². The molecule has 0 spiro atoms. The summed E-state index contributed by atoms with van der Waals surface area (Å²) in [4.78, 5) is 15.0. The monoisotopic (exact) mass is 338 g/mol. The van der Waals surface area contributed by atoms with Gasteiger partial charge < -0.3 is 25.2 Å². The molecule has 2 fully saturated rings. The van der Waals surface area contributed by atoms with Gasteiger partial charge in [-0.2, -0.15) is 9.97 Å². The van der Waals surface area contributed by atoms with E-state index in [2.05, 4.69) is 15.0 Å². The van der Waals surface area contributed by atoms with Crippen LogP contribution in [0.25, 0.3) is 11.2 Å². The maximum atomic E-state index is 13.9. The van der Waals surface area contributed by atoms with E-state index in [1.54, 1.807) is 10.9 Å². The highest BCUT2D eigenvalue weighted by molar-refractivity contribution is 5.84. The zero-order chi connectivity index (χ0) is 16.7. The topological polar surface area (TPSA) is 112 Å². The van der Waals surface area contributed by atoms with Crippen molar-refractivity contribution in [3.05, 3.63) is 6.33 Å². The number of rotatable bonds is 3. The number of nitrogen functional groups attached to an aromatic ring is 1.